The van der Waals surface area contributed by atoms with Crippen molar-refractivity contribution in [1.82, 2.24) is 10.2 Å². The topological polar surface area (TPSA) is 86.8 Å². The summed E-state index contributed by atoms with van der Waals surface area (Å²) in [6, 6.07) is 29.3. The van der Waals surface area contributed by atoms with Crippen LogP contribution in [0.2, 0.25) is 5.02 Å². The van der Waals surface area contributed by atoms with Gasteiger partial charge in [-0.2, -0.15) is 0 Å². The van der Waals surface area contributed by atoms with Crippen LogP contribution in [-0.2, 0) is 32.6 Å². The molecule has 9 heteroatoms. The van der Waals surface area contributed by atoms with Crippen molar-refractivity contribution in [3.63, 3.8) is 0 Å². The van der Waals surface area contributed by atoms with E-state index in [1.54, 1.807) is 43.3 Å². The zero-order valence-electron chi connectivity index (χ0n) is 25.2. The maximum atomic E-state index is 14.5. The molecule has 0 fully saturated rings. The molecule has 0 aliphatic rings. The highest BCUT2D eigenvalue weighted by Crippen LogP contribution is 2.31. The van der Waals surface area contributed by atoms with Gasteiger partial charge in [-0.25, -0.2) is 8.42 Å². The van der Waals surface area contributed by atoms with E-state index in [0.717, 1.165) is 27.4 Å². The molecule has 0 bridgehead atoms. The Labute approximate surface area is 265 Å². The molecule has 0 aliphatic carbocycles. The first kappa shape index (κ1) is 32.8. The van der Waals surface area contributed by atoms with E-state index in [1.165, 1.54) is 17.0 Å². The third-order valence-corrected chi connectivity index (χ3v) is 9.56. The summed E-state index contributed by atoms with van der Waals surface area (Å²) >= 11 is 6.44. The molecule has 1 atom stereocenters. The molecule has 0 spiro atoms. The lowest BCUT2D eigenvalue weighted by Gasteiger charge is -2.34. The fourth-order valence-electron chi connectivity index (χ4n) is 5.03. The molecule has 0 aliphatic heterocycles. The van der Waals surface area contributed by atoms with E-state index in [0.29, 0.717) is 22.8 Å². The normalized spacial score (nSPS) is 11.9. The van der Waals surface area contributed by atoms with Gasteiger partial charge in [0.05, 0.1) is 10.6 Å². The molecular weight excluding hydrogens is 594 g/mol. The van der Waals surface area contributed by atoms with Crippen molar-refractivity contribution in [2.45, 2.75) is 51.1 Å². The van der Waals surface area contributed by atoms with E-state index in [1.807, 2.05) is 68.4 Å². The maximum absolute atomic E-state index is 14.5. The van der Waals surface area contributed by atoms with E-state index in [4.69, 9.17) is 11.6 Å². The van der Waals surface area contributed by atoms with Crippen LogP contribution in [-0.4, -0.2) is 44.3 Å². The van der Waals surface area contributed by atoms with Crippen LogP contribution in [0.25, 0.3) is 0 Å². The largest absolute Gasteiger partial charge is 0.354 e. The molecule has 2 amide bonds. The Morgan fingerprint density at radius 3 is 2.14 bits per heavy atom. The van der Waals surface area contributed by atoms with Gasteiger partial charge in [-0.15, -0.1) is 0 Å². The van der Waals surface area contributed by atoms with Gasteiger partial charge in [-0.05, 0) is 61.2 Å². The van der Waals surface area contributed by atoms with Gasteiger partial charge in [0, 0.05) is 24.5 Å². The van der Waals surface area contributed by atoms with Gasteiger partial charge < -0.3 is 10.2 Å². The van der Waals surface area contributed by atoms with Crippen molar-refractivity contribution in [3.8, 4) is 0 Å². The minimum Gasteiger partial charge on any atom is -0.354 e. The zero-order chi connectivity index (χ0) is 31.7. The molecule has 0 unspecified atom stereocenters. The van der Waals surface area contributed by atoms with Crippen LogP contribution in [0.4, 0.5) is 5.69 Å². The minimum atomic E-state index is -4.19. The SMILES string of the molecule is CCCNC(=O)[C@H](Cc1ccccc1)N(Cc1cccc(C)c1)C(=O)CN(c1cccc(Cl)c1C)S(=O)(=O)c1ccccc1. The lowest BCUT2D eigenvalue weighted by molar-refractivity contribution is -0.140. The maximum Gasteiger partial charge on any atom is 0.264 e. The van der Waals surface area contributed by atoms with Crippen molar-refractivity contribution in [2.24, 2.45) is 0 Å². The molecule has 44 heavy (non-hydrogen) atoms. The number of halogens is 1. The predicted molar refractivity (Wildman–Crippen MR) is 176 cm³/mol. The smallest absolute Gasteiger partial charge is 0.264 e. The first-order valence-electron chi connectivity index (χ1n) is 14.6. The Bertz CT molecular complexity index is 1680. The second-order valence-electron chi connectivity index (χ2n) is 10.7. The Hall–Kier alpha value is -4.14. The molecule has 0 heterocycles. The Balaban J connectivity index is 1.82. The monoisotopic (exact) mass is 631 g/mol. The summed E-state index contributed by atoms with van der Waals surface area (Å²) in [5.74, 6) is -0.814. The average molecular weight is 632 g/mol. The van der Waals surface area contributed by atoms with Crippen molar-refractivity contribution >= 4 is 39.1 Å². The lowest BCUT2D eigenvalue weighted by atomic mass is 10.0. The molecule has 230 valence electrons. The van der Waals surface area contributed by atoms with Crippen LogP contribution in [0.15, 0.2) is 108 Å². The summed E-state index contributed by atoms with van der Waals surface area (Å²) in [7, 11) is -4.19. The van der Waals surface area contributed by atoms with Crippen LogP contribution in [0.5, 0.6) is 0 Å². The summed E-state index contributed by atoms with van der Waals surface area (Å²) in [4.78, 5) is 29.8. The van der Waals surface area contributed by atoms with Crippen LogP contribution in [0.3, 0.4) is 0 Å². The highest BCUT2D eigenvalue weighted by Gasteiger charge is 2.35. The number of anilines is 1. The highest BCUT2D eigenvalue weighted by molar-refractivity contribution is 7.92. The van der Waals surface area contributed by atoms with Crippen LogP contribution >= 0.6 is 11.6 Å². The molecule has 0 aromatic heterocycles. The van der Waals surface area contributed by atoms with Crippen molar-refractivity contribution < 1.29 is 18.0 Å². The van der Waals surface area contributed by atoms with Gasteiger partial charge in [-0.3, -0.25) is 13.9 Å². The second kappa shape index (κ2) is 15.0. The Morgan fingerprint density at radius 2 is 1.48 bits per heavy atom. The quantitative estimate of drug-likeness (QED) is 0.187. The summed E-state index contributed by atoms with van der Waals surface area (Å²) in [6.45, 7) is 5.67. The Morgan fingerprint density at radius 1 is 0.841 bits per heavy atom. The van der Waals surface area contributed by atoms with Gasteiger partial charge in [0.1, 0.15) is 12.6 Å². The highest BCUT2D eigenvalue weighted by atomic mass is 35.5. The Kier molecular flexibility index (Phi) is 11.2. The lowest BCUT2D eigenvalue weighted by Crippen LogP contribution is -2.53. The number of aryl methyl sites for hydroxylation is 1. The fraction of sp³-hybridized carbons (Fsp3) is 0.257. The fourth-order valence-corrected chi connectivity index (χ4v) is 6.69. The molecule has 4 rings (SSSR count). The van der Waals surface area contributed by atoms with Crippen molar-refractivity contribution in [3.05, 3.63) is 130 Å². The van der Waals surface area contributed by atoms with E-state index in [-0.39, 0.29) is 23.8 Å². The standard InChI is InChI=1S/C35H38ClN3O4S/c1-4-21-37-35(41)33(23-28-14-7-5-8-15-28)38(24-29-16-11-13-26(2)22-29)34(40)25-39(32-20-12-19-31(36)27(32)3)44(42,43)30-17-9-6-10-18-30/h5-20,22,33H,4,21,23-25H2,1-3H3,(H,37,41)/t33-/m0/s1. The number of nitrogens with zero attached hydrogens (tertiary/aromatic N) is 2. The molecule has 7 nitrogen and oxygen atoms in total. The predicted octanol–water partition coefficient (Wildman–Crippen LogP) is 6.32. The van der Waals surface area contributed by atoms with E-state index < -0.39 is 28.5 Å². The number of rotatable bonds is 13. The van der Waals surface area contributed by atoms with Gasteiger partial charge in [0.15, 0.2) is 0 Å². The van der Waals surface area contributed by atoms with Crippen molar-refractivity contribution in [2.75, 3.05) is 17.4 Å². The number of nitrogens with one attached hydrogen (secondary N) is 1. The molecule has 0 radical (unpaired) electrons. The van der Waals surface area contributed by atoms with E-state index >= 15 is 0 Å². The summed E-state index contributed by atoms with van der Waals surface area (Å²) in [6.07, 6.45) is 0.988. The van der Waals surface area contributed by atoms with Gasteiger partial charge in [0.2, 0.25) is 11.8 Å². The van der Waals surface area contributed by atoms with Crippen LogP contribution < -0.4 is 9.62 Å². The molecule has 4 aromatic rings. The zero-order valence-corrected chi connectivity index (χ0v) is 26.8. The first-order valence-corrected chi connectivity index (χ1v) is 16.4. The summed E-state index contributed by atoms with van der Waals surface area (Å²) in [5, 5.41) is 3.34. The van der Waals surface area contributed by atoms with Crippen LogP contribution in [0, 0.1) is 13.8 Å². The van der Waals surface area contributed by atoms with Gasteiger partial charge in [-0.1, -0.05) is 103 Å². The number of hydrogen-bond acceptors (Lipinski definition) is 4. The molecule has 1 N–H and O–H groups in total. The van der Waals surface area contributed by atoms with Crippen LogP contribution in [0.1, 0.15) is 35.6 Å². The average Bonchev–Trinajstić information content (AvgIpc) is 3.02. The third kappa shape index (κ3) is 8.07. The molecular formula is C35H38ClN3O4S. The van der Waals surface area contributed by atoms with E-state index in [9.17, 15) is 18.0 Å². The number of hydrogen-bond donors (Lipinski definition) is 1. The number of sulfonamides is 1. The molecule has 4 aromatic carbocycles. The van der Waals surface area contributed by atoms with E-state index in [2.05, 4.69) is 5.32 Å². The van der Waals surface area contributed by atoms with Gasteiger partial charge in [0.25, 0.3) is 10.0 Å². The van der Waals surface area contributed by atoms with Gasteiger partial charge >= 0.3 is 0 Å². The first-order chi connectivity index (χ1) is 21.1. The number of benzene rings is 4. The third-order valence-electron chi connectivity index (χ3n) is 7.37. The minimum absolute atomic E-state index is 0.0407. The number of amides is 2. The second-order valence-corrected chi connectivity index (χ2v) is 13.0. The number of carbonyl (C=O) groups excluding carboxylic acids is 2. The molecule has 0 saturated carbocycles. The number of carbonyl (C=O) groups is 2. The van der Waals surface area contributed by atoms with Crippen molar-refractivity contribution in [1.29, 1.82) is 0 Å². The summed E-state index contributed by atoms with van der Waals surface area (Å²) < 4.78 is 29.3. The molecule has 0 saturated heterocycles. The summed E-state index contributed by atoms with van der Waals surface area (Å²) in [5.41, 5.74) is 3.53.